The topological polar surface area (TPSA) is 29.5 Å². The highest BCUT2D eigenvalue weighted by atomic mass is 35.5. The van der Waals surface area contributed by atoms with Gasteiger partial charge in [-0.25, -0.2) is 0 Å². The molecule has 1 saturated heterocycles. The van der Waals surface area contributed by atoms with Gasteiger partial charge in [-0.3, -0.25) is 4.21 Å². The number of nitrogens with zero attached hydrogens (tertiary/aromatic N) is 1. The first-order chi connectivity index (χ1) is 12.1. The van der Waals surface area contributed by atoms with Crippen LogP contribution in [0.15, 0.2) is 23.1 Å². The number of hydrogen-bond acceptors (Lipinski definition) is 3. The van der Waals surface area contributed by atoms with Gasteiger partial charge in [-0.05, 0) is 43.9 Å². The molecule has 0 aromatic heterocycles. The summed E-state index contributed by atoms with van der Waals surface area (Å²) < 4.78 is 18.8. The van der Waals surface area contributed by atoms with E-state index in [0.717, 1.165) is 32.5 Å². The van der Waals surface area contributed by atoms with E-state index >= 15 is 0 Å². The Kier molecular flexibility index (Phi) is 7.62. The second kappa shape index (κ2) is 9.70. The summed E-state index contributed by atoms with van der Waals surface area (Å²) in [7, 11) is -1.11. The zero-order valence-electron chi connectivity index (χ0n) is 14.6. The van der Waals surface area contributed by atoms with E-state index in [2.05, 4.69) is 4.90 Å². The number of piperidine rings is 1. The fourth-order valence-electron chi connectivity index (χ4n) is 3.72. The maximum absolute atomic E-state index is 12.5. The van der Waals surface area contributed by atoms with Crippen LogP contribution in [0, 0.1) is 0 Å². The zero-order chi connectivity index (χ0) is 17.6. The highest BCUT2D eigenvalue weighted by molar-refractivity contribution is 7.85. The van der Waals surface area contributed by atoms with Crippen LogP contribution in [-0.4, -0.2) is 46.7 Å². The molecule has 0 bridgehead atoms. The van der Waals surface area contributed by atoms with Gasteiger partial charge in [0.25, 0.3) is 0 Å². The molecule has 25 heavy (non-hydrogen) atoms. The van der Waals surface area contributed by atoms with Crippen molar-refractivity contribution in [3.8, 4) is 0 Å². The maximum atomic E-state index is 12.5. The van der Waals surface area contributed by atoms with Crippen LogP contribution in [-0.2, 0) is 15.5 Å². The van der Waals surface area contributed by atoms with Crippen LogP contribution in [0.5, 0.6) is 0 Å². The summed E-state index contributed by atoms with van der Waals surface area (Å²) in [6.07, 6.45) is 9.55. The van der Waals surface area contributed by atoms with Crippen LogP contribution in [0.3, 0.4) is 0 Å². The quantitative estimate of drug-likeness (QED) is 0.675. The number of halogens is 2. The number of benzene rings is 1. The smallest absolute Gasteiger partial charge is 0.0603 e. The van der Waals surface area contributed by atoms with Crippen LogP contribution in [0.1, 0.15) is 44.9 Å². The highest BCUT2D eigenvalue weighted by Gasteiger charge is 2.24. The Labute approximate surface area is 163 Å². The molecule has 1 unspecified atom stereocenters. The lowest BCUT2D eigenvalue weighted by atomic mass is 9.97. The van der Waals surface area contributed by atoms with Gasteiger partial charge in [0.05, 0.1) is 32.9 Å². The van der Waals surface area contributed by atoms with Gasteiger partial charge in [-0.2, -0.15) is 0 Å². The Balaban J connectivity index is 1.40. The Morgan fingerprint density at radius 1 is 1.04 bits per heavy atom. The Hall–Kier alpha value is -0.130. The van der Waals surface area contributed by atoms with E-state index in [1.807, 2.05) is 0 Å². The molecule has 2 fully saturated rings. The van der Waals surface area contributed by atoms with Gasteiger partial charge in [0.2, 0.25) is 0 Å². The molecule has 1 saturated carbocycles. The van der Waals surface area contributed by atoms with E-state index in [1.54, 1.807) is 18.2 Å². The summed E-state index contributed by atoms with van der Waals surface area (Å²) in [6.45, 7) is 2.88. The maximum Gasteiger partial charge on any atom is 0.0603 e. The molecule has 6 heteroatoms. The average Bonchev–Trinajstić information content (AvgIpc) is 2.64. The summed E-state index contributed by atoms with van der Waals surface area (Å²) in [5.41, 5.74) is 0. The third-order valence-electron chi connectivity index (χ3n) is 5.20. The monoisotopic (exact) mass is 403 g/mol. The number of likely N-dealkylation sites (tertiary alicyclic amines) is 1. The van der Waals surface area contributed by atoms with E-state index in [4.69, 9.17) is 27.9 Å². The van der Waals surface area contributed by atoms with E-state index < -0.39 is 10.8 Å². The van der Waals surface area contributed by atoms with E-state index in [0.29, 0.717) is 32.9 Å². The van der Waals surface area contributed by atoms with Crippen LogP contribution < -0.4 is 0 Å². The summed E-state index contributed by atoms with van der Waals surface area (Å²) in [5.74, 6) is 0.591. The van der Waals surface area contributed by atoms with Gasteiger partial charge in [-0.1, -0.05) is 42.5 Å². The van der Waals surface area contributed by atoms with Gasteiger partial charge < -0.3 is 9.64 Å². The summed E-state index contributed by atoms with van der Waals surface area (Å²) in [6, 6.07) is 5.15. The average molecular weight is 404 g/mol. The molecule has 1 aliphatic carbocycles. The molecule has 1 heterocycles. The molecular formula is C19H27Cl2NO2S. The van der Waals surface area contributed by atoms with Gasteiger partial charge in [0.15, 0.2) is 0 Å². The number of hydrogen-bond donors (Lipinski definition) is 0. The highest BCUT2D eigenvalue weighted by Crippen LogP contribution is 2.26. The van der Waals surface area contributed by atoms with Crippen molar-refractivity contribution in [2.75, 3.05) is 25.4 Å². The lowest BCUT2D eigenvalue weighted by Crippen LogP contribution is -2.40. The van der Waals surface area contributed by atoms with Crippen molar-refractivity contribution < 1.29 is 8.95 Å². The van der Waals surface area contributed by atoms with Crippen molar-refractivity contribution in [3.05, 3.63) is 28.2 Å². The van der Waals surface area contributed by atoms with Crippen LogP contribution in [0.25, 0.3) is 0 Å². The molecule has 0 radical (unpaired) electrons. The van der Waals surface area contributed by atoms with E-state index in [-0.39, 0.29) is 0 Å². The van der Waals surface area contributed by atoms with Crippen molar-refractivity contribution in [1.29, 1.82) is 0 Å². The third-order valence-corrected chi connectivity index (χ3v) is 7.26. The molecular weight excluding hydrogens is 377 g/mol. The molecule has 1 aromatic carbocycles. The predicted molar refractivity (Wildman–Crippen MR) is 105 cm³/mol. The van der Waals surface area contributed by atoms with E-state index in [9.17, 15) is 4.21 Å². The molecule has 1 aliphatic heterocycles. The van der Waals surface area contributed by atoms with Crippen LogP contribution >= 0.6 is 23.2 Å². The zero-order valence-corrected chi connectivity index (χ0v) is 16.9. The van der Waals surface area contributed by atoms with Gasteiger partial charge in [-0.15, -0.1) is 0 Å². The molecule has 1 atom stereocenters. The summed E-state index contributed by atoms with van der Waals surface area (Å²) in [4.78, 5) is 3.03. The van der Waals surface area contributed by atoms with Crippen molar-refractivity contribution in [2.45, 2.75) is 62.0 Å². The van der Waals surface area contributed by atoms with Crippen LogP contribution in [0.2, 0.25) is 10.0 Å². The predicted octanol–water partition coefficient (Wildman–Crippen LogP) is 4.91. The lowest BCUT2D eigenvalue weighted by molar-refractivity contribution is -0.0551. The standard InChI is InChI=1S/C19H27Cl2NO2S/c20-15-6-7-18(21)19(14-15)25(23)13-12-22-10-8-17(9-11-22)24-16-4-2-1-3-5-16/h6-7,14,16-17H,1-5,8-13H2. The fourth-order valence-corrected chi connectivity index (χ4v) is 5.52. The summed E-state index contributed by atoms with van der Waals surface area (Å²) in [5, 5.41) is 1.11. The first-order valence-electron chi connectivity index (χ1n) is 9.33. The first-order valence-corrected chi connectivity index (χ1v) is 11.4. The van der Waals surface area contributed by atoms with Crippen molar-refractivity contribution in [2.24, 2.45) is 0 Å². The molecule has 1 aromatic rings. The van der Waals surface area contributed by atoms with Gasteiger partial charge >= 0.3 is 0 Å². The van der Waals surface area contributed by atoms with Crippen molar-refractivity contribution in [1.82, 2.24) is 4.90 Å². The van der Waals surface area contributed by atoms with E-state index in [1.165, 1.54) is 32.1 Å². The minimum absolute atomic E-state index is 0.409. The Bertz CT molecular complexity index is 585. The molecule has 0 spiro atoms. The minimum Gasteiger partial charge on any atom is -0.375 e. The molecule has 3 nitrogen and oxygen atoms in total. The Morgan fingerprint density at radius 2 is 1.72 bits per heavy atom. The van der Waals surface area contributed by atoms with Gasteiger partial charge in [0.1, 0.15) is 0 Å². The molecule has 2 aliphatic rings. The lowest BCUT2D eigenvalue weighted by Gasteiger charge is -2.34. The summed E-state index contributed by atoms with van der Waals surface area (Å²) >= 11 is 12.1. The Morgan fingerprint density at radius 3 is 2.44 bits per heavy atom. The van der Waals surface area contributed by atoms with Crippen molar-refractivity contribution >= 4 is 34.0 Å². The van der Waals surface area contributed by atoms with Gasteiger partial charge in [0, 0.05) is 30.4 Å². The van der Waals surface area contributed by atoms with Crippen molar-refractivity contribution in [3.63, 3.8) is 0 Å². The first kappa shape index (κ1) is 19.6. The normalized spacial score (nSPS) is 22.2. The minimum atomic E-state index is -1.11. The third kappa shape index (κ3) is 5.93. The second-order valence-corrected chi connectivity index (χ2v) is 9.44. The largest absolute Gasteiger partial charge is 0.375 e. The molecule has 0 N–H and O–H groups in total. The number of rotatable bonds is 6. The second-order valence-electron chi connectivity index (χ2n) is 7.06. The molecule has 3 rings (SSSR count). The molecule has 0 amide bonds. The van der Waals surface area contributed by atoms with Crippen LogP contribution in [0.4, 0.5) is 0 Å². The number of ether oxygens (including phenoxy) is 1. The molecule has 140 valence electrons. The SMILES string of the molecule is O=S(CCN1CCC(OC2CCCCC2)CC1)c1cc(Cl)ccc1Cl. The fraction of sp³-hybridized carbons (Fsp3) is 0.684.